The molecule has 1 saturated heterocycles. The molecule has 25 heavy (non-hydrogen) atoms. The number of carbonyl (C=O) groups excluding carboxylic acids is 1. The normalized spacial score (nSPS) is 15.0. The zero-order valence-electron chi connectivity index (χ0n) is 14.4. The number of hydrogen-bond donors (Lipinski definition) is 1. The third kappa shape index (κ3) is 4.89. The average molecular weight is 359 g/mol. The van der Waals surface area contributed by atoms with Crippen LogP contribution in [0.4, 0.5) is 5.69 Å². The number of nitrogens with one attached hydrogen (secondary N) is 1. The van der Waals surface area contributed by atoms with Crippen LogP contribution in [-0.2, 0) is 11.3 Å². The van der Waals surface area contributed by atoms with Gasteiger partial charge in [0.25, 0.3) is 5.91 Å². The minimum absolute atomic E-state index is 0.149. The van der Waals surface area contributed by atoms with Crippen LogP contribution in [-0.4, -0.2) is 25.1 Å². The van der Waals surface area contributed by atoms with Gasteiger partial charge in [-0.15, -0.1) is 0 Å². The lowest BCUT2D eigenvalue weighted by Crippen LogP contribution is -2.35. The maximum Gasteiger partial charge on any atom is 0.261 e. The lowest BCUT2D eigenvalue weighted by Gasteiger charge is -2.18. The van der Waals surface area contributed by atoms with Crippen LogP contribution in [0.1, 0.15) is 25.3 Å². The fraction of sp³-hybridized carbons (Fsp3) is 0.350. The van der Waals surface area contributed by atoms with E-state index in [0.717, 1.165) is 18.7 Å². The average Bonchev–Trinajstić information content (AvgIpc) is 3.14. The van der Waals surface area contributed by atoms with Crippen LogP contribution in [0.5, 0.6) is 5.75 Å². The van der Waals surface area contributed by atoms with Gasteiger partial charge in [0.1, 0.15) is 5.75 Å². The maximum atomic E-state index is 12.2. The van der Waals surface area contributed by atoms with E-state index in [1.807, 2.05) is 0 Å². The predicted molar refractivity (Wildman–Crippen MR) is 101 cm³/mol. The van der Waals surface area contributed by atoms with E-state index in [2.05, 4.69) is 34.5 Å². The second-order valence-corrected chi connectivity index (χ2v) is 6.73. The molecule has 1 fully saturated rings. The first-order valence-corrected chi connectivity index (χ1v) is 9.03. The summed E-state index contributed by atoms with van der Waals surface area (Å²) in [4.78, 5) is 14.6. The monoisotopic (exact) mass is 358 g/mol. The summed E-state index contributed by atoms with van der Waals surface area (Å²) in [6.45, 7) is 4.48. The van der Waals surface area contributed by atoms with E-state index < -0.39 is 6.10 Å². The summed E-state index contributed by atoms with van der Waals surface area (Å²) in [5.41, 5.74) is 2.33. The third-order valence-corrected chi connectivity index (χ3v) is 4.59. The number of carbonyl (C=O) groups is 1. The number of anilines is 1. The molecule has 1 aliphatic rings. The number of benzene rings is 2. The molecule has 1 aliphatic heterocycles. The van der Waals surface area contributed by atoms with Gasteiger partial charge in [0.15, 0.2) is 6.10 Å². The molecule has 0 spiro atoms. The first kappa shape index (κ1) is 17.6. The predicted octanol–water partition coefficient (Wildman–Crippen LogP) is 4.02. The standard InChI is InChI=1S/C20H23ClN2O2/c1-15(25-19-6-4-5-17(21)13-19)20(24)22-14-16-7-9-18(10-8-16)23-11-2-3-12-23/h4-10,13,15H,2-3,11-12,14H2,1H3,(H,22,24)/t15-/m0/s1. The number of nitrogens with zero attached hydrogens (tertiary/aromatic N) is 1. The number of amides is 1. The summed E-state index contributed by atoms with van der Waals surface area (Å²) < 4.78 is 5.63. The molecule has 1 heterocycles. The zero-order valence-corrected chi connectivity index (χ0v) is 15.1. The highest BCUT2D eigenvalue weighted by atomic mass is 35.5. The van der Waals surface area contributed by atoms with Crippen molar-refractivity contribution >= 4 is 23.2 Å². The van der Waals surface area contributed by atoms with E-state index in [-0.39, 0.29) is 5.91 Å². The molecule has 0 aliphatic carbocycles. The summed E-state index contributed by atoms with van der Waals surface area (Å²) in [6, 6.07) is 15.4. The second-order valence-electron chi connectivity index (χ2n) is 6.30. The van der Waals surface area contributed by atoms with Gasteiger partial charge < -0.3 is 15.0 Å². The van der Waals surface area contributed by atoms with Crippen LogP contribution in [0, 0.1) is 0 Å². The second kappa shape index (κ2) is 8.26. The van der Waals surface area contributed by atoms with Crippen molar-refractivity contribution in [3.63, 3.8) is 0 Å². The molecule has 0 saturated carbocycles. The molecule has 0 bridgehead atoms. The third-order valence-electron chi connectivity index (χ3n) is 4.35. The van der Waals surface area contributed by atoms with Gasteiger partial charge in [-0.1, -0.05) is 29.8 Å². The van der Waals surface area contributed by atoms with Crippen LogP contribution in [0.25, 0.3) is 0 Å². The molecule has 1 amide bonds. The summed E-state index contributed by atoms with van der Waals surface area (Å²) in [7, 11) is 0. The highest BCUT2D eigenvalue weighted by Crippen LogP contribution is 2.21. The molecule has 4 nitrogen and oxygen atoms in total. The van der Waals surface area contributed by atoms with Gasteiger partial charge in [-0.3, -0.25) is 4.79 Å². The Hall–Kier alpha value is -2.20. The Morgan fingerprint density at radius 3 is 2.60 bits per heavy atom. The minimum atomic E-state index is -0.581. The summed E-state index contributed by atoms with van der Waals surface area (Å²) >= 11 is 5.92. The molecule has 5 heteroatoms. The zero-order chi connectivity index (χ0) is 17.6. The van der Waals surface area contributed by atoms with Gasteiger partial charge in [0, 0.05) is 30.3 Å². The fourth-order valence-corrected chi connectivity index (χ4v) is 3.11. The number of hydrogen-bond acceptors (Lipinski definition) is 3. The van der Waals surface area contributed by atoms with E-state index in [1.165, 1.54) is 18.5 Å². The van der Waals surface area contributed by atoms with Crippen molar-refractivity contribution in [3.05, 3.63) is 59.1 Å². The molecule has 0 aromatic heterocycles. The van der Waals surface area contributed by atoms with E-state index in [9.17, 15) is 4.79 Å². The molecule has 0 radical (unpaired) electrons. The van der Waals surface area contributed by atoms with Gasteiger partial charge in [-0.25, -0.2) is 0 Å². The molecule has 1 N–H and O–H groups in total. The topological polar surface area (TPSA) is 41.6 Å². The van der Waals surface area contributed by atoms with Crippen molar-refractivity contribution < 1.29 is 9.53 Å². The van der Waals surface area contributed by atoms with Crippen molar-refractivity contribution in [1.29, 1.82) is 0 Å². The van der Waals surface area contributed by atoms with E-state index in [4.69, 9.17) is 16.3 Å². The highest BCUT2D eigenvalue weighted by Gasteiger charge is 2.15. The molecular formula is C20H23ClN2O2. The van der Waals surface area contributed by atoms with Gasteiger partial charge >= 0.3 is 0 Å². The largest absolute Gasteiger partial charge is 0.481 e. The summed E-state index contributed by atoms with van der Waals surface area (Å²) in [6.07, 6.45) is 1.95. The quantitative estimate of drug-likeness (QED) is 0.847. The molecular weight excluding hydrogens is 336 g/mol. The van der Waals surface area contributed by atoms with Crippen LogP contribution < -0.4 is 15.0 Å². The Morgan fingerprint density at radius 2 is 1.92 bits per heavy atom. The van der Waals surface area contributed by atoms with Gasteiger partial charge in [0.2, 0.25) is 0 Å². The van der Waals surface area contributed by atoms with Crippen LogP contribution in [0.3, 0.4) is 0 Å². The first-order chi connectivity index (χ1) is 12.1. The molecule has 2 aromatic rings. The highest BCUT2D eigenvalue weighted by molar-refractivity contribution is 6.30. The van der Waals surface area contributed by atoms with E-state index in [0.29, 0.717) is 17.3 Å². The lowest BCUT2D eigenvalue weighted by atomic mass is 10.2. The fourth-order valence-electron chi connectivity index (χ4n) is 2.93. The van der Waals surface area contributed by atoms with Crippen molar-refractivity contribution in [2.75, 3.05) is 18.0 Å². The smallest absolute Gasteiger partial charge is 0.261 e. The van der Waals surface area contributed by atoms with Crippen LogP contribution >= 0.6 is 11.6 Å². The van der Waals surface area contributed by atoms with Crippen LogP contribution in [0.2, 0.25) is 5.02 Å². The molecule has 3 rings (SSSR count). The van der Waals surface area contributed by atoms with Crippen molar-refractivity contribution in [1.82, 2.24) is 5.32 Å². The Labute approximate surface area is 153 Å². The minimum Gasteiger partial charge on any atom is -0.481 e. The Kier molecular flexibility index (Phi) is 5.82. The van der Waals surface area contributed by atoms with Gasteiger partial charge in [0.05, 0.1) is 0 Å². The van der Waals surface area contributed by atoms with Crippen molar-refractivity contribution in [3.8, 4) is 5.75 Å². The summed E-state index contributed by atoms with van der Waals surface area (Å²) in [5, 5.41) is 3.50. The SMILES string of the molecule is C[C@H](Oc1cccc(Cl)c1)C(=O)NCc1ccc(N2CCCC2)cc1. The molecule has 1 atom stereocenters. The number of ether oxygens (including phenoxy) is 1. The van der Waals surface area contributed by atoms with Gasteiger partial charge in [-0.2, -0.15) is 0 Å². The Bertz CT molecular complexity index is 712. The van der Waals surface area contributed by atoms with E-state index in [1.54, 1.807) is 31.2 Å². The van der Waals surface area contributed by atoms with Gasteiger partial charge in [-0.05, 0) is 55.7 Å². The Morgan fingerprint density at radius 1 is 1.20 bits per heavy atom. The lowest BCUT2D eigenvalue weighted by molar-refractivity contribution is -0.127. The van der Waals surface area contributed by atoms with Crippen molar-refractivity contribution in [2.45, 2.75) is 32.4 Å². The maximum absolute atomic E-state index is 12.2. The van der Waals surface area contributed by atoms with E-state index >= 15 is 0 Å². The van der Waals surface area contributed by atoms with Crippen molar-refractivity contribution in [2.24, 2.45) is 0 Å². The number of rotatable bonds is 6. The molecule has 0 unspecified atom stereocenters. The number of halogens is 1. The summed E-state index contributed by atoms with van der Waals surface area (Å²) in [5.74, 6) is 0.439. The molecule has 2 aromatic carbocycles. The Balaban J connectivity index is 1.49. The first-order valence-electron chi connectivity index (χ1n) is 8.65. The van der Waals surface area contributed by atoms with Crippen LogP contribution in [0.15, 0.2) is 48.5 Å². The molecule has 132 valence electrons.